The Morgan fingerprint density at radius 2 is 2.00 bits per heavy atom. The molecule has 0 N–H and O–H groups in total. The SMILES string of the molecule is O=C(C[n+]1ccncc1)c1cccc([N+](=O)[O-])c1.[Br-]. The van der Waals surface area contributed by atoms with Gasteiger partial charge in [0, 0.05) is 17.7 Å². The van der Waals surface area contributed by atoms with Crippen LogP contribution in [0.5, 0.6) is 0 Å². The van der Waals surface area contributed by atoms with Crippen molar-refractivity contribution < 1.29 is 31.3 Å². The van der Waals surface area contributed by atoms with Gasteiger partial charge in [0.15, 0.2) is 12.4 Å². The molecule has 0 amide bonds. The van der Waals surface area contributed by atoms with Crippen molar-refractivity contribution in [3.05, 3.63) is 64.7 Å². The van der Waals surface area contributed by atoms with E-state index in [0.717, 1.165) is 0 Å². The second kappa shape index (κ2) is 6.69. The van der Waals surface area contributed by atoms with Crippen molar-refractivity contribution in [1.82, 2.24) is 4.98 Å². The van der Waals surface area contributed by atoms with Gasteiger partial charge < -0.3 is 17.0 Å². The lowest BCUT2D eigenvalue weighted by molar-refractivity contribution is -0.683. The predicted molar refractivity (Wildman–Crippen MR) is 61.9 cm³/mol. The third-order valence-electron chi connectivity index (χ3n) is 2.39. The summed E-state index contributed by atoms with van der Waals surface area (Å²) < 4.78 is 1.66. The number of carbonyl (C=O) groups excluding carboxylic acids is 1. The molecule has 1 aromatic carbocycles. The van der Waals surface area contributed by atoms with Gasteiger partial charge in [0.05, 0.1) is 17.3 Å². The summed E-state index contributed by atoms with van der Waals surface area (Å²) in [5.41, 5.74) is 0.245. The molecule has 0 saturated carbocycles. The van der Waals surface area contributed by atoms with E-state index in [9.17, 15) is 14.9 Å². The number of carbonyl (C=O) groups is 1. The molecule has 19 heavy (non-hydrogen) atoms. The lowest BCUT2D eigenvalue weighted by Crippen LogP contribution is -3.00. The number of nitro benzene ring substituents is 1. The van der Waals surface area contributed by atoms with Crippen molar-refractivity contribution in [3.63, 3.8) is 0 Å². The molecule has 1 heterocycles. The van der Waals surface area contributed by atoms with Gasteiger partial charge in [-0.3, -0.25) is 19.9 Å². The highest BCUT2D eigenvalue weighted by atomic mass is 79.9. The Hall–Kier alpha value is -2.15. The first-order valence-electron chi connectivity index (χ1n) is 5.23. The van der Waals surface area contributed by atoms with Crippen LogP contribution in [0.15, 0.2) is 49.1 Å². The van der Waals surface area contributed by atoms with E-state index in [-0.39, 0.29) is 35.0 Å². The van der Waals surface area contributed by atoms with Crippen molar-refractivity contribution in [2.24, 2.45) is 0 Å². The van der Waals surface area contributed by atoms with Gasteiger partial charge in [-0.05, 0) is 0 Å². The Morgan fingerprint density at radius 1 is 1.32 bits per heavy atom. The highest BCUT2D eigenvalue weighted by Crippen LogP contribution is 2.13. The summed E-state index contributed by atoms with van der Waals surface area (Å²) in [6, 6.07) is 5.71. The number of hydrogen-bond donors (Lipinski definition) is 0. The molecule has 0 bridgehead atoms. The second-order valence-corrected chi connectivity index (χ2v) is 3.65. The Kier molecular flexibility index (Phi) is 5.25. The highest BCUT2D eigenvalue weighted by Gasteiger charge is 2.14. The zero-order valence-electron chi connectivity index (χ0n) is 9.77. The molecule has 0 atom stereocenters. The molecular weight excluding hydrogens is 314 g/mol. The van der Waals surface area contributed by atoms with Crippen LogP contribution < -0.4 is 21.5 Å². The van der Waals surface area contributed by atoms with Crippen molar-refractivity contribution >= 4 is 11.5 Å². The van der Waals surface area contributed by atoms with Crippen molar-refractivity contribution in [1.29, 1.82) is 0 Å². The average molecular weight is 324 g/mol. The van der Waals surface area contributed by atoms with E-state index in [1.54, 1.807) is 35.4 Å². The number of aromatic nitrogens is 2. The fourth-order valence-electron chi connectivity index (χ4n) is 1.50. The summed E-state index contributed by atoms with van der Waals surface area (Å²) in [7, 11) is 0. The number of hydrogen-bond acceptors (Lipinski definition) is 4. The molecule has 1 aromatic heterocycles. The van der Waals surface area contributed by atoms with Crippen LogP contribution in [0.1, 0.15) is 10.4 Å². The van der Waals surface area contributed by atoms with Gasteiger partial charge in [-0.15, -0.1) is 0 Å². The van der Waals surface area contributed by atoms with Gasteiger partial charge in [-0.1, -0.05) is 12.1 Å². The van der Waals surface area contributed by atoms with E-state index in [0.29, 0.717) is 5.56 Å². The smallest absolute Gasteiger partial charge is 0.270 e. The van der Waals surface area contributed by atoms with Gasteiger partial charge >= 0.3 is 0 Å². The first-order chi connectivity index (χ1) is 8.66. The summed E-state index contributed by atoms with van der Waals surface area (Å²) in [6.07, 6.45) is 6.46. The van der Waals surface area contributed by atoms with Crippen LogP contribution in [0, 0.1) is 10.1 Å². The molecule has 2 rings (SSSR count). The summed E-state index contributed by atoms with van der Waals surface area (Å²) in [5.74, 6) is -0.185. The maximum Gasteiger partial charge on any atom is 0.270 e. The van der Waals surface area contributed by atoms with Crippen LogP contribution in [0.3, 0.4) is 0 Å². The minimum Gasteiger partial charge on any atom is -1.00 e. The summed E-state index contributed by atoms with van der Waals surface area (Å²) in [5, 5.41) is 10.6. The average Bonchev–Trinajstić information content (AvgIpc) is 2.40. The molecule has 7 heteroatoms. The molecule has 0 spiro atoms. The van der Waals surface area contributed by atoms with E-state index in [1.807, 2.05) is 0 Å². The van der Waals surface area contributed by atoms with Crippen molar-refractivity contribution in [2.45, 2.75) is 6.54 Å². The summed E-state index contributed by atoms with van der Waals surface area (Å²) >= 11 is 0. The normalized spacial score (nSPS) is 9.47. The maximum absolute atomic E-state index is 11.9. The summed E-state index contributed by atoms with van der Waals surface area (Å²) in [6.45, 7) is 0.129. The maximum atomic E-state index is 11.9. The molecule has 0 aliphatic rings. The van der Waals surface area contributed by atoms with E-state index >= 15 is 0 Å². The third kappa shape index (κ3) is 3.92. The molecule has 0 saturated heterocycles. The number of nitrogens with zero attached hydrogens (tertiary/aromatic N) is 3. The lowest BCUT2D eigenvalue weighted by atomic mass is 10.1. The van der Waals surface area contributed by atoms with E-state index < -0.39 is 4.92 Å². The number of ketones is 1. The third-order valence-corrected chi connectivity index (χ3v) is 2.39. The first kappa shape index (κ1) is 14.9. The van der Waals surface area contributed by atoms with E-state index in [4.69, 9.17) is 0 Å². The first-order valence-corrected chi connectivity index (χ1v) is 5.23. The van der Waals surface area contributed by atoms with E-state index in [1.165, 1.54) is 18.2 Å². The second-order valence-electron chi connectivity index (χ2n) is 3.65. The Balaban J connectivity index is 0.00000180. The fourth-order valence-corrected chi connectivity index (χ4v) is 1.50. The number of halogens is 1. The Labute approximate surface area is 119 Å². The zero-order chi connectivity index (χ0) is 13.0. The van der Waals surface area contributed by atoms with Crippen LogP contribution in [0.2, 0.25) is 0 Å². The minimum absolute atomic E-state index is 0. The molecular formula is C12H10BrN3O3. The van der Waals surface area contributed by atoms with Crippen molar-refractivity contribution in [3.8, 4) is 0 Å². The minimum atomic E-state index is -0.518. The fraction of sp³-hybridized carbons (Fsp3) is 0.0833. The number of Topliss-reactive ketones (excluding diaryl/α,β-unsaturated/α-hetero) is 1. The molecule has 0 unspecified atom stereocenters. The molecule has 0 aliphatic carbocycles. The van der Waals surface area contributed by atoms with Crippen LogP contribution in [-0.4, -0.2) is 15.7 Å². The van der Waals surface area contributed by atoms with E-state index in [2.05, 4.69) is 4.98 Å². The van der Waals surface area contributed by atoms with Crippen LogP contribution in [0.4, 0.5) is 5.69 Å². The number of rotatable bonds is 4. The topological polar surface area (TPSA) is 77.0 Å². The van der Waals surface area contributed by atoms with Gasteiger partial charge in [0.2, 0.25) is 12.3 Å². The molecule has 0 radical (unpaired) electrons. The van der Waals surface area contributed by atoms with Crippen LogP contribution >= 0.6 is 0 Å². The van der Waals surface area contributed by atoms with Gasteiger partial charge in [0.25, 0.3) is 5.69 Å². The van der Waals surface area contributed by atoms with Crippen molar-refractivity contribution in [2.75, 3.05) is 0 Å². The largest absolute Gasteiger partial charge is 1.00 e. The Bertz CT molecular complexity index is 590. The van der Waals surface area contributed by atoms with Gasteiger partial charge in [-0.25, -0.2) is 0 Å². The molecule has 6 nitrogen and oxygen atoms in total. The molecule has 98 valence electrons. The van der Waals surface area contributed by atoms with Gasteiger partial charge in [0.1, 0.15) is 0 Å². The highest BCUT2D eigenvalue weighted by molar-refractivity contribution is 5.95. The van der Waals surface area contributed by atoms with Crippen LogP contribution in [-0.2, 0) is 6.54 Å². The predicted octanol–water partition coefficient (Wildman–Crippen LogP) is -1.84. The molecule has 0 fully saturated rings. The Morgan fingerprint density at radius 3 is 2.63 bits per heavy atom. The lowest BCUT2D eigenvalue weighted by Gasteiger charge is -1.98. The zero-order valence-corrected chi connectivity index (χ0v) is 11.4. The standard InChI is InChI=1S/C12H10N3O3.BrH/c16-12(9-14-6-4-13-5-7-14)10-2-1-3-11(8-10)15(17)18;/h1-8H,9H2;1H/q+1;/p-1. The molecule has 0 aliphatic heterocycles. The number of nitro groups is 1. The number of non-ortho nitro benzene ring substituents is 1. The van der Waals surface area contributed by atoms with Crippen LogP contribution in [0.25, 0.3) is 0 Å². The number of benzene rings is 1. The summed E-state index contributed by atoms with van der Waals surface area (Å²) in [4.78, 5) is 25.9. The van der Waals surface area contributed by atoms with Gasteiger partial charge in [-0.2, -0.15) is 4.57 Å². The quantitative estimate of drug-likeness (QED) is 0.287. The molecule has 2 aromatic rings. The monoisotopic (exact) mass is 323 g/mol.